The van der Waals surface area contributed by atoms with Crippen molar-refractivity contribution < 1.29 is 4.79 Å². The monoisotopic (exact) mass is 273 g/mol. The van der Waals surface area contributed by atoms with Gasteiger partial charge in [-0.15, -0.1) is 0 Å². The third-order valence-electron chi connectivity index (χ3n) is 4.38. The molecule has 2 rings (SSSR count). The van der Waals surface area contributed by atoms with E-state index in [-0.39, 0.29) is 5.92 Å². The van der Waals surface area contributed by atoms with Crippen LogP contribution >= 0.6 is 0 Å². The van der Waals surface area contributed by atoms with Gasteiger partial charge in [-0.1, -0.05) is 44.0 Å². The minimum absolute atomic E-state index is 0.0641. The highest BCUT2D eigenvalue weighted by molar-refractivity contribution is 5.84. The number of unbranched alkanes of at least 4 members (excludes halogenated alkanes) is 1. The van der Waals surface area contributed by atoms with Crippen LogP contribution in [0.5, 0.6) is 0 Å². The molecule has 1 heterocycles. The van der Waals surface area contributed by atoms with Crippen LogP contribution in [0.2, 0.25) is 0 Å². The third kappa shape index (κ3) is 3.62. The van der Waals surface area contributed by atoms with E-state index in [4.69, 9.17) is 0 Å². The minimum atomic E-state index is 0.0641. The molecule has 0 bridgehead atoms. The number of piperidine rings is 1. The first-order valence-corrected chi connectivity index (χ1v) is 8.08. The molecular formula is C18H27NO. The van der Waals surface area contributed by atoms with Gasteiger partial charge in [0.05, 0.1) is 5.92 Å². The fourth-order valence-corrected chi connectivity index (χ4v) is 3.13. The van der Waals surface area contributed by atoms with Crippen LogP contribution in [-0.2, 0) is 4.79 Å². The molecule has 1 saturated heterocycles. The molecule has 20 heavy (non-hydrogen) atoms. The highest BCUT2D eigenvalue weighted by atomic mass is 16.2. The molecule has 1 amide bonds. The Kier molecular flexibility index (Phi) is 5.63. The summed E-state index contributed by atoms with van der Waals surface area (Å²) >= 11 is 0. The maximum absolute atomic E-state index is 12.9. The molecule has 0 radical (unpaired) electrons. The molecular weight excluding hydrogens is 246 g/mol. The van der Waals surface area contributed by atoms with E-state index in [1.54, 1.807) is 0 Å². The van der Waals surface area contributed by atoms with Gasteiger partial charge in [-0.2, -0.15) is 0 Å². The molecule has 2 nitrogen and oxygen atoms in total. The molecule has 1 aliphatic heterocycles. The lowest BCUT2D eigenvalue weighted by atomic mass is 9.88. The second-order valence-electron chi connectivity index (χ2n) is 5.94. The first-order chi connectivity index (χ1) is 9.74. The molecule has 1 aliphatic rings. The Morgan fingerprint density at radius 1 is 1.20 bits per heavy atom. The van der Waals surface area contributed by atoms with Crippen molar-refractivity contribution in [2.45, 2.75) is 58.3 Å². The standard InChI is InChI=1S/C18H27NO/c1-3-4-11-17(16-12-7-6-10-15(16)2)18(20)19-13-8-5-9-14-19/h6-7,10,12,17H,3-5,8-9,11,13-14H2,1-2H3. The molecule has 0 aliphatic carbocycles. The van der Waals surface area contributed by atoms with E-state index in [1.165, 1.54) is 30.4 Å². The Hall–Kier alpha value is -1.31. The zero-order valence-corrected chi connectivity index (χ0v) is 12.9. The van der Waals surface area contributed by atoms with E-state index < -0.39 is 0 Å². The summed E-state index contributed by atoms with van der Waals surface area (Å²) in [7, 11) is 0. The topological polar surface area (TPSA) is 20.3 Å². The molecule has 1 atom stereocenters. The van der Waals surface area contributed by atoms with Crippen molar-refractivity contribution in [3.8, 4) is 0 Å². The fourth-order valence-electron chi connectivity index (χ4n) is 3.13. The van der Waals surface area contributed by atoms with E-state index >= 15 is 0 Å². The average molecular weight is 273 g/mol. The molecule has 0 spiro atoms. The SMILES string of the molecule is CCCCC(C(=O)N1CCCCC1)c1ccccc1C. The van der Waals surface area contributed by atoms with Crippen LogP contribution in [0.4, 0.5) is 0 Å². The molecule has 0 aromatic heterocycles. The van der Waals surface area contributed by atoms with E-state index in [9.17, 15) is 4.79 Å². The van der Waals surface area contributed by atoms with Crippen LogP contribution in [0.1, 0.15) is 62.5 Å². The molecule has 1 unspecified atom stereocenters. The van der Waals surface area contributed by atoms with Crippen molar-refractivity contribution in [1.29, 1.82) is 0 Å². The Morgan fingerprint density at radius 3 is 2.55 bits per heavy atom. The van der Waals surface area contributed by atoms with E-state index in [2.05, 4.69) is 43.0 Å². The van der Waals surface area contributed by atoms with E-state index in [1.807, 2.05) is 0 Å². The summed E-state index contributed by atoms with van der Waals surface area (Å²) in [5.41, 5.74) is 2.48. The number of rotatable bonds is 5. The lowest BCUT2D eigenvalue weighted by Crippen LogP contribution is -2.39. The summed E-state index contributed by atoms with van der Waals surface area (Å²) in [6, 6.07) is 8.38. The normalized spacial score (nSPS) is 17.0. The fraction of sp³-hybridized carbons (Fsp3) is 0.611. The predicted octanol–water partition coefficient (Wildman–Crippen LogP) is 4.28. The van der Waals surface area contributed by atoms with Gasteiger partial charge in [0, 0.05) is 13.1 Å². The van der Waals surface area contributed by atoms with Crippen molar-refractivity contribution >= 4 is 5.91 Å². The van der Waals surface area contributed by atoms with E-state index in [0.717, 1.165) is 32.4 Å². The van der Waals surface area contributed by atoms with Gasteiger partial charge in [-0.3, -0.25) is 4.79 Å². The summed E-state index contributed by atoms with van der Waals surface area (Å²) < 4.78 is 0. The first kappa shape index (κ1) is 15.1. The van der Waals surface area contributed by atoms with Crippen LogP contribution in [0, 0.1) is 6.92 Å². The molecule has 0 N–H and O–H groups in total. The summed E-state index contributed by atoms with van der Waals surface area (Å²) in [6.07, 6.45) is 6.86. The second kappa shape index (κ2) is 7.47. The zero-order chi connectivity index (χ0) is 14.4. The van der Waals surface area contributed by atoms with Gasteiger partial charge < -0.3 is 4.90 Å². The molecule has 0 saturated carbocycles. The summed E-state index contributed by atoms with van der Waals surface area (Å²) in [4.78, 5) is 15.0. The Bertz CT molecular complexity index is 435. The number of carbonyl (C=O) groups excluding carboxylic acids is 1. The molecule has 2 heteroatoms. The quantitative estimate of drug-likeness (QED) is 0.784. The van der Waals surface area contributed by atoms with Crippen molar-refractivity contribution in [2.24, 2.45) is 0 Å². The highest BCUT2D eigenvalue weighted by Crippen LogP contribution is 2.28. The summed E-state index contributed by atoms with van der Waals surface area (Å²) in [6.45, 7) is 6.22. The Morgan fingerprint density at radius 2 is 1.90 bits per heavy atom. The van der Waals surface area contributed by atoms with Crippen molar-refractivity contribution in [2.75, 3.05) is 13.1 Å². The number of benzene rings is 1. The Labute approximate surface area is 123 Å². The largest absolute Gasteiger partial charge is 0.342 e. The van der Waals surface area contributed by atoms with Gasteiger partial charge in [0.1, 0.15) is 0 Å². The zero-order valence-electron chi connectivity index (χ0n) is 12.9. The van der Waals surface area contributed by atoms with Crippen LogP contribution < -0.4 is 0 Å². The number of hydrogen-bond donors (Lipinski definition) is 0. The lowest BCUT2D eigenvalue weighted by Gasteiger charge is -2.31. The molecule has 110 valence electrons. The van der Waals surface area contributed by atoms with Gasteiger partial charge in [-0.05, 0) is 43.7 Å². The van der Waals surface area contributed by atoms with Gasteiger partial charge in [0.15, 0.2) is 0 Å². The lowest BCUT2D eigenvalue weighted by molar-refractivity contribution is -0.133. The number of carbonyl (C=O) groups is 1. The highest BCUT2D eigenvalue weighted by Gasteiger charge is 2.27. The number of amides is 1. The van der Waals surface area contributed by atoms with E-state index in [0.29, 0.717) is 5.91 Å². The van der Waals surface area contributed by atoms with Gasteiger partial charge >= 0.3 is 0 Å². The molecule has 1 aromatic carbocycles. The number of aryl methyl sites for hydroxylation is 1. The number of hydrogen-bond acceptors (Lipinski definition) is 1. The van der Waals surface area contributed by atoms with Crippen molar-refractivity contribution in [3.63, 3.8) is 0 Å². The second-order valence-corrected chi connectivity index (χ2v) is 5.94. The number of likely N-dealkylation sites (tertiary alicyclic amines) is 1. The van der Waals surface area contributed by atoms with Crippen molar-refractivity contribution in [3.05, 3.63) is 35.4 Å². The minimum Gasteiger partial charge on any atom is -0.342 e. The van der Waals surface area contributed by atoms with Crippen LogP contribution in [0.25, 0.3) is 0 Å². The maximum atomic E-state index is 12.9. The first-order valence-electron chi connectivity index (χ1n) is 8.08. The number of nitrogens with zero attached hydrogens (tertiary/aromatic N) is 1. The van der Waals surface area contributed by atoms with Gasteiger partial charge in [0.25, 0.3) is 0 Å². The van der Waals surface area contributed by atoms with Crippen LogP contribution in [0.3, 0.4) is 0 Å². The summed E-state index contributed by atoms with van der Waals surface area (Å²) in [5, 5.41) is 0. The third-order valence-corrected chi connectivity index (χ3v) is 4.38. The van der Waals surface area contributed by atoms with Crippen LogP contribution in [0.15, 0.2) is 24.3 Å². The Balaban J connectivity index is 2.18. The summed E-state index contributed by atoms with van der Waals surface area (Å²) in [5.74, 6) is 0.418. The molecule has 1 aromatic rings. The maximum Gasteiger partial charge on any atom is 0.230 e. The van der Waals surface area contributed by atoms with Crippen LogP contribution in [-0.4, -0.2) is 23.9 Å². The predicted molar refractivity (Wildman–Crippen MR) is 83.9 cm³/mol. The van der Waals surface area contributed by atoms with Gasteiger partial charge in [-0.25, -0.2) is 0 Å². The molecule has 1 fully saturated rings. The van der Waals surface area contributed by atoms with Crippen molar-refractivity contribution in [1.82, 2.24) is 4.90 Å². The average Bonchev–Trinajstić information content (AvgIpc) is 2.50. The van der Waals surface area contributed by atoms with Gasteiger partial charge in [0.2, 0.25) is 5.91 Å². The smallest absolute Gasteiger partial charge is 0.230 e.